The fourth-order valence-electron chi connectivity index (χ4n) is 2.40. The maximum atomic E-state index is 12.4. The van der Waals surface area contributed by atoms with Crippen LogP contribution in [0.1, 0.15) is 50.6 Å². The van der Waals surface area contributed by atoms with E-state index in [1.54, 1.807) is 13.8 Å². The Morgan fingerprint density at radius 3 is 2.33 bits per heavy atom. The van der Waals surface area contributed by atoms with E-state index in [1.807, 2.05) is 37.3 Å². The molecular formula is C16H18N2O3. The predicted octanol–water partition coefficient (Wildman–Crippen LogP) is 2.82. The summed E-state index contributed by atoms with van der Waals surface area (Å²) in [6.07, 6.45) is 0. The molecule has 0 spiro atoms. The molecule has 0 bridgehead atoms. The van der Waals surface area contributed by atoms with Gasteiger partial charge in [0.05, 0.1) is 11.6 Å². The van der Waals surface area contributed by atoms with E-state index in [2.05, 4.69) is 10.3 Å². The standard InChI is InChI=1S/C16H18N2O3/c1-9-13(11(3)17-14(9)16(20)21)15(19)18-10(2)12-7-5-4-6-8-12/h4-8,10,17H,1-3H3,(H,18,19)(H,20,21). The number of carboxylic acids is 1. The molecule has 0 aliphatic rings. The minimum absolute atomic E-state index is 0.0602. The zero-order chi connectivity index (χ0) is 15.6. The second kappa shape index (κ2) is 5.83. The number of hydrogen-bond acceptors (Lipinski definition) is 2. The SMILES string of the molecule is Cc1[nH]c(C(=O)O)c(C)c1C(=O)NC(C)c1ccccc1. The van der Waals surface area contributed by atoms with E-state index in [0.717, 1.165) is 5.56 Å². The summed E-state index contributed by atoms with van der Waals surface area (Å²) in [5, 5.41) is 12.0. The Bertz CT molecular complexity index is 674. The normalized spacial score (nSPS) is 12.0. The average Bonchev–Trinajstić information content (AvgIpc) is 2.75. The number of H-pyrrole nitrogens is 1. The molecule has 0 radical (unpaired) electrons. The summed E-state index contributed by atoms with van der Waals surface area (Å²) in [7, 11) is 0. The van der Waals surface area contributed by atoms with Gasteiger partial charge in [-0.1, -0.05) is 30.3 Å². The fraction of sp³-hybridized carbons (Fsp3) is 0.250. The van der Waals surface area contributed by atoms with Crippen LogP contribution in [-0.4, -0.2) is 22.0 Å². The van der Waals surface area contributed by atoms with Crippen molar-refractivity contribution >= 4 is 11.9 Å². The monoisotopic (exact) mass is 286 g/mol. The lowest BCUT2D eigenvalue weighted by molar-refractivity contribution is 0.0690. The van der Waals surface area contributed by atoms with Crippen molar-refractivity contribution in [3.05, 3.63) is 58.4 Å². The Kier molecular flexibility index (Phi) is 4.12. The Balaban J connectivity index is 2.23. The summed E-state index contributed by atoms with van der Waals surface area (Å²) in [6, 6.07) is 9.45. The number of carbonyl (C=O) groups is 2. The van der Waals surface area contributed by atoms with Gasteiger partial charge in [0, 0.05) is 5.69 Å². The first kappa shape index (κ1) is 14.8. The number of aromatic nitrogens is 1. The van der Waals surface area contributed by atoms with Gasteiger partial charge < -0.3 is 15.4 Å². The Morgan fingerprint density at radius 1 is 1.19 bits per heavy atom. The second-order valence-corrected chi connectivity index (χ2v) is 5.04. The Morgan fingerprint density at radius 2 is 1.81 bits per heavy atom. The molecule has 21 heavy (non-hydrogen) atoms. The maximum absolute atomic E-state index is 12.4. The van der Waals surface area contributed by atoms with Gasteiger partial charge in [-0.3, -0.25) is 4.79 Å². The number of carboxylic acid groups (broad SMARTS) is 1. The highest BCUT2D eigenvalue weighted by Gasteiger charge is 2.22. The van der Waals surface area contributed by atoms with Crippen LogP contribution >= 0.6 is 0 Å². The topological polar surface area (TPSA) is 82.2 Å². The van der Waals surface area contributed by atoms with Crippen molar-refractivity contribution in [3.63, 3.8) is 0 Å². The number of amides is 1. The van der Waals surface area contributed by atoms with Crippen LogP contribution in [0.4, 0.5) is 0 Å². The van der Waals surface area contributed by atoms with Crippen molar-refractivity contribution in [2.24, 2.45) is 0 Å². The van der Waals surface area contributed by atoms with Crippen LogP contribution in [0.15, 0.2) is 30.3 Å². The molecule has 2 rings (SSSR count). The molecular weight excluding hydrogens is 268 g/mol. The molecule has 1 atom stereocenters. The minimum Gasteiger partial charge on any atom is -0.477 e. The van der Waals surface area contributed by atoms with Crippen molar-refractivity contribution in [2.75, 3.05) is 0 Å². The highest BCUT2D eigenvalue weighted by Crippen LogP contribution is 2.19. The number of aryl methyl sites for hydroxylation is 1. The molecule has 0 aliphatic heterocycles. The van der Waals surface area contributed by atoms with Crippen LogP contribution in [-0.2, 0) is 0 Å². The largest absolute Gasteiger partial charge is 0.477 e. The summed E-state index contributed by atoms with van der Waals surface area (Å²) in [5.41, 5.74) is 2.47. The third kappa shape index (κ3) is 2.97. The molecule has 0 fully saturated rings. The first-order valence-corrected chi connectivity index (χ1v) is 6.70. The van der Waals surface area contributed by atoms with Gasteiger partial charge in [-0.15, -0.1) is 0 Å². The summed E-state index contributed by atoms with van der Waals surface area (Å²) < 4.78 is 0. The number of aromatic carboxylic acids is 1. The predicted molar refractivity (Wildman–Crippen MR) is 79.5 cm³/mol. The highest BCUT2D eigenvalue weighted by atomic mass is 16.4. The van der Waals surface area contributed by atoms with Gasteiger partial charge in [-0.05, 0) is 31.9 Å². The van der Waals surface area contributed by atoms with Crippen molar-refractivity contribution in [3.8, 4) is 0 Å². The minimum atomic E-state index is -1.06. The Hall–Kier alpha value is -2.56. The zero-order valence-corrected chi connectivity index (χ0v) is 12.2. The molecule has 1 aromatic carbocycles. The molecule has 5 heteroatoms. The number of hydrogen-bond donors (Lipinski definition) is 3. The maximum Gasteiger partial charge on any atom is 0.352 e. The molecule has 0 saturated heterocycles. The molecule has 5 nitrogen and oxygen atoms in total. The van der Waals surface area contributed by atoms with Crippen LogP contribution in [0.5, 0.6) is 0 Å². The summed E-state index contributed by atoms with van der Waals surface area (Å²) in [4.78, 5) is 26.2. The summed E-state index contributed by atoms with van der Waals surface area (Å²) >= 11 is 0. The molecule has 1 amide bonds. The molecule has 1 unspecified atom stereocenters. The van der Waals surface area contributed by atoms with Gasteiger partial charge in [-0.25, -0.2) is 4.79 Å². The summed E-state index contributed by atoms with van der Waals surface area (Å²) in [5.74, 6) is -1.34. The molecule has 2 aromatic rings. The summed E-state index contributed by atoms with van der Waals surface area (Å²) in [6.45, 7) is 5.22. The van der Waals surface area contributed by atoms with Crippen molar-refractivity contribution in [2.45, 2.75) is 26.8 Å². The van der Waals surface area contributed by atoms with Crippen LogP contribution in [0.25, 0.3) is 0 Å². The molecule has 110 valence electrons. The second-order valence-electron chi connectivity index (χ2n) is 5.04. The van der Waals surface area contributed by atoms with Gasteiger partial charge in [0.1, 0.15) is 5.69 Å². The molecule has 1 heterocycles. The van der Waals surface area contributed by atoms with E-state index >= 15 is 0 Å². The van der Waals surface area contributed by atoms with E-state index in [4.69, 9.17) is 5.11 Å². The first-order chi connectivity index (χ1) is 9.91. The zero-order valence-electron chi connectivity index (χ0n) is 12.2. The number of nitrogens with one attached hydrogen (secondary N) is 2. The van der Waals surface area contributed by atoms with E-state index < -0.39 is 5.97 Å². The van der Waals surface area contributed by atoms with Crippen molar-refractivity contribution in [1.29, 1.82) is 0 Å². The molecule has 0 aliphatic carbocycles. The number of rotatable bonds is 4. The molecule has 0 saturated carbocycles. The third-order valence-electron chi connectivity index (χ3n) is 3.53. The number of aromatic amines is 1. The average molecular weight is 286 g/mol. The van der Waals surface area contributed by atoms with Crippen molar-refractivity contribution in [1.82, 2.24) is 10.3 Å². The lowest BCUT2D eigenvalue weighted by Gasteiger charge is -2.14. The van der Waals surface area contributed by atoms with Crippen LogP contribution in [0.2, 0.25) is 0 Å². The Labute approximate surface area is 123 Å². The lowest BCUT2D eigenvalue weighted by atomic mass is 10.1. The van der Waals surface area contributed by atoms with Gasteiger partial charge >= 0.3 is 5.97 Å². The third-order valence-corrected chi connectivity index (χ3v) is 3.53. The quantitative estimate of drug-likeness (QED) is 0.808. The van der Waals surface area contributed by atoms with Gasteiger partial charge in [0.2, 0.25) is 0 Å². The highest BCUT2D eigenvalue weighted by molar-refractivity contribution is 6.00. The van der Waals surface area contributed by atoms with Gasteiger partial charge in [0.15, 0.2) is 0 Å². The number of benzene rings is 1. The smallest absolute Gasteiger partial charge is 0.352 e. The first-order valence-electron chi connectivity index (χ1n) is 6.70. The van der Waals surface area contributed by atoms with Gasteiger partial charge in [-0.2, -0.15) is 0 Å². The van der Waals surface area contributed by atoms with E-state index in [-0.39, 0.29) is 17.6 Å². The lowest BCUT2D eigenvalue weighted by Crippen LogP contribution is -2.27. The van der Waals surface area contributed by atoms with Crippen LogP contribution in [0.3, 0.4) is 0 Å². The van der Waals surface area contributed by atoms with E-state index in [9.17, 15) is 9.59 Å². The van der Waals surface area contributed by atoms with Crippen LogP contribution in [0, 0.1) is 13.8 Å². The molecule has 3 N–H and O–H groups in total. The fourth-order valence-corrected chi connectivity index (χ4v) is 2.40. The van der Waals surface area contributed by atoms with Crippen molar-refractivity contribution < 1.29 is 14.7 Å². The van der Waals surface area contributed by atoms with Gasteiger partial charge in [0.25, 0.3) is 5.91 Å². The van der Waals surface area contributed by atoms with Crippen LogP contribution < -0.4 is 5.32 Å². The van der Waals surface area contributed by atoms with E-state index in [1.165, 1.54) is 0 Å². The number of carbonyl (C=O) groups excluding carboxylic acids is 1. The molecule has 1 aromatic heterocycles. The van der Waals surface area contributed by atoms with E-state index in [0.29, 0.717) is 16.8 Å².